The van der Waals surface area contributed by atoms with Crippen molar-refractivity contribution in [2.45, 2.75) is 25.4 Å². The average molecular weight is 442 g/mol. The summed E-state index contributed by atoms with van der Waals surface area (Å²) >= 11 is 6.31. The van der Waals surface area contributed by atoms with E-state index in [0.717, 1.165) is 32.5 Å². The van der Waals surface area contributed by atoms with E-state index in [1.165, 1.54) is 7.11 Å². The first-order valence-electron chi connectivity index (χ1n) is 10.5. The fourth-order valence-corrected chi connectivity index (χ4v) is 4.19. The molecule has 1 aromatic rings. The molecule has 0 aliphatic carbocycles. The number of nitrogens with zero attached hydrogens (tertiary/aromatic N) is 1. The number of β-amino-alcohol motifs (C(OH)–C–C–N with tert-alkyl or cyclic N) is 1. The Kier molecular flexibility index (Phi) is 8.44. The third kappa shape index (κ3) is 5.49. The molecule has 2 aliphatic heterocycles. The van der Waals surface area contributed by atoms with Gasteiger partial charge in [-0.25, -0.2) is 0 Å². The Morgan fingerprint density at radius 1 is 1.37 bits per heavy atom. The third-order valence-corrected chi connectivity index (χ3v) is 5.89. The van der Waals surface area contributed by atoms with E-state index in [1.807, 2.05) is 7.05 Å². The standard InChI is InChI=1S/C21H32ClN3O5/c1-23-6-3-7-25-8-5-14(17(26)13-25)12-24-21(27)15-11-16(22)19(28-2)20-18(15)29-9-4-10-30-20/h11,14,17,23,26H,3-10,12-13H2,1-2H3,(H,24,27)/t14-,17+/m0/s1. The van der Waals surface area contributed by atoms with Crippen LogP contribution < -0.4 is 24.8 Å². The highest BCUT2D eigenvalue weighted by Crippen LogP contribution is 2.46. The number of carbonyl (C=O) groups excluding carboxylic acids is 1. The number of rotatable bonds is 8. The van der Waals surface area contributed by atoms with Crippen molar-refractivity contribution in [2.75, 3.05) is 60.1 Å². The molecule has 2 atom stereocenters. The van der Waals surface area contributed by atoms with Crippen molar-refractivity contribution < 1.29 is 24.1 Å². The fraction of sp³-hybridized carbons (Fsp3) is 0.667. The van der Waals surface area contributed by atoms with Gasteiger partial charge >= 0.3 is 0 Å². The Bertz CT molecular complexity index is 733. The zero-order valence-corrected chi connectivity index (χ0v) is 18.5. The summed E-state index contributed by atoms with van der Waals surface area (Å²) in [5.74, 6) is 0.795. The quantitative estimate of drug-likeness (QED) is 0.527. The SMILES string of the molecule is CNCCCN1CC[C@@H](CNC(=O)c2cc(Cl)c(OC)c3c2OCCCO3)[C@H](O)C1. The molecule has 1 aromatic carbocycles. The predicted octanol–water partition coefficient (Wildman–Crippen LogP) is 1.53. The van der Waals surface area contributed by atoms with E-state index in [4.69, 9.17) is 25.8 Å². The molecule has 2 aliphatic rings. The maximum absolute atomic E-state index is 12.9. The summed E-state index contributed by atoms with van der Waals surface area (Å²) in [6, 6.07) is 1.55. The molecule has 1 saturated heterocycles. The van der Waals surface area contributed by atoms with Crippen molar-refractivity contribution in [3.05, 3.63) is 16.7 Å². The van der Waals surface area contributed by atoms with Crippen LogP contribution in [0.3, 0.4) is 0 Å². The van der Waals surface area contributed by atoms with E-state index in [2.05, 4.69) is 15.5 Å². The van der Waals surface area contributed by atoms with Crippen LogP contribution in [0.2, 0.25) is 5.02 Å². The second-order valence-corrected chi connectivity index (χ2v) is 8.14. The van der Waals surface area contributed by atoms with Crippen molar-refractivity contribution in [1.82, 2.24) is 15.5 Å². The highest BCUT2D eigenvalue weighted by atomic mass is 35.5. The number of aliphatic hydroxyl groups is 1. The second kappa shape index (κ2) is 11.0. The number of benzene rings is 1. The van der Waals surface area contributed by atoms with Crippen LogP contribution in [0, 0.1) is 5.92 Å². The van der Waals surface area contributed by atoms with Gasteiger partial charge in [0.15, 0.2) is 11.5 Å². The molecule has 8 nitrogen and oxygen atoms in total. The summed E-state index contributed by atoms with van der Waals surface area (Å²) in [5, 5.41) is 16.9. The van der Waals surface area contributed by atoms with Crippen LogP contribution >= 0.6 is 11.6 Å². The first kappa shape index (κ1) is 22.9. The van der Waals surface area contributed by atoms with Gasteiger partial charge in [0.1, 0.15) is 0 Å². The number of piperidine rings is 1. The molecule has 30 heavy (non-hydrogen) atoms. The zero-order valence-electron chi connectivity index (χ0n) is 17.7. The van der Waals surface area contributed by atoms with Crippen molar-refractivity contribution in [2.24, 2.45) is 5.92 Å². The molecule has 1 fully saturated rings. The van der Waals surface area contributed by atoms with Crippen molar-refractivity contribution in [1.29, 1.82) is 0 Å². The van der Waals surface area contributed by atoms with Gasteiger partial charge in [-0.3, -0.25) is 4.79 Å². The number of fused-ring (bicyclic) bond motifs is 1. The minimum Gasteiger partial charge on any atom is -0.491 e. The van der Waals surface area contributed by atoms with E-state index >= 15 is 0 Å². The molecule has 9 heteroatoms. The molecule has 0 aromatic heterocycles. The lowest BCUT2D eigenvalue weighted by molar-refractivity contribution is 0.0218. The molecule has 1 amide bonds. The smallest absolute Gasteiger partial charge is 0.255 e. The number of nitrogens with one attached hydrogen (secondary N) is 2. The number of likely N-dealkylation sites (tertiary alicyclic amines) is 1. The number of carbonyl (C=O) groups is 1. The van der Waals surface area contributed by atoms with Gasteiger partial charge in [-0.1, -0.05) is 11.6 Å². The van der Waals surface area contributed by atoms with Gasteiger partial charge in [-0.05, 0) is 45.6 Å². The van der Waals surface area contributed by atoms with E-state index in [9.17, 15) is 9.90 Å². The molecular weight excluding hydrogens is 410 g/mol. The lowest BCUT2D eigenvalue weighted by Gasteiger charge is -2.36. The van der Waals surface area contributed by atoms with Crippen molar-refractivity contribution >= 4 is 17.5 Å². The minimum absolute atomic E-state index is 0.0130. The summed E-state index contributed by atoms with van der Waals surface area (Å²) in [6.45, 7) is 4.78. The molecule has 0 saturated carbocycles. The van der Waals surface area contributed by atoms with Crippen LogP contribution in [0.15, 0.2) is 6.07 Å². The van der Waals surface area contributed by atoms with Gasteiger partial charge in [0, 0.05) is 25.4 Å². The molecule has 3 N–H and O–H groups in total. The third-order valence-electron chi connectivity index (χ3n) is 5.61. The second-order valence-electron chi connectivity index (χ2n) is 7.73. The molecule has 2 heterocycles. The number of hydrogen-bond donors (Lipinski definition) is 3. The van der Waals surface area contributed by atoms with Gasteiger partial charge in [-0.2, -0.15) is 0 Å². The predicted molar refractivity (Wildman–Crippen MR) is 115 cm³/mol. The number of halogens is 1. The average Bonchev–Trinajstić information content (AvgIpc) is 2.98. The zero-order chi connectivity index (χ0) is 21.5. The minimum atomic E-state index is -0.468. The fourth-order valence-electron chi connectivity index (χ4n) is 3.92. The van der Waals surface area contributed by atoms with Crippen molar-refractivity contribution in [3.8, 4) is 17.2 Å². The van der Waals surface area contributed by atoms with E-state index < -0.39 is 6.10 Å². The van der Waals surface area contributed by atoms with Crippen LogP contribution in [0.25, 0.3) is 0 Å². The summed E-state index contributed by atoms with van der Waals surface area (Å²) in [4.78, 5) is 15.2. The first-order chi connectivity index (χ1) is 14.5. The van der Waals surface area contributed by atoms with Gasteiger partial charge in [0.05, 0.1) is 37.0 Å². The van der Waals surface area contributed by atoms with Crippen LogP contribution in [0.4, 0.5) is 0 Å². The number of aliphatic hydroxyl groups excluding tert-OH is 1. The molecule has 168 valence electrons. The van der Waals surface area contributed by atoms with Gasteiger partial charge < -0.3 is 34.9 Å². The molecular formula is C21H32ClN3O5. The van der Waals surface area contributed by atoms with Gasteiger partial charge in [0.2, 0.25) is 5.75 Å². The Labute approximate surface area is 182 Å². The summed E-state index contributed by atoms with van der Waals surface area (Å²) in [5.41, 5.74) is 0.316. The number of ether oxygens (including phenoxy) is 3. The highest BCUT2D eigenvalue weighted by molar-refractivity contribution is 6.33. The highest BCUT2D eigenvalue weighted by Gasteiger charge is 2.30. The van der Waals surface area contributed by atoms with E-state index in [0.29, 0.717) is 60.6 Å². The van der Waals surface area contributed by atoms with Crippen LogP contribution in [-0.2, 0) is 0 Å². The summed E-state index contributed by atoms with van der Waals surface area (Å²) in [6.07, 6.45) is 2.12. The number of amides is 1. The lowest BCUT2D eigenvalue weighted by atomic mass is 9.93. The number of methoxy groups -OCH3 is 1. The van der Waals surface area contributed by atoms with E-state index in [1.54, 1.807) is 6.07 Å². The van der Waals surface area contributed by atoms with Crippen LogP contribution in [-0.4, -0.2) is 82.1 Å². The molecule has 0 bridgehead atoms. The monoisotopic (exact) mass is 441 g/mol. The van der Waals surface area contributed by atoms with Crippen LogP contribution in [0.1, 0.15) is 29.6 Å². The molecule has 0 unspecified atom stereocenters. The van der Waals surface area contributed by atoms with Gasteiger partial charge in [0.25, 0.3) is 5.91 Å². The largest absolute Gasteiger partial charge is 0.491 e. The normalized spacial score (nSPS) is 21.7. The number of hydrogen-bond acceptors (Lipinski definition) is 7. The summed E-state index contributed by atoms with van der Waals surface area (Å²) < 4.78 is 16.9. The van der Waals surface area contributed by atoms with Gasteiger partial charge in [-0.15, -0.1) is 0 Å². The maximum Gasteiger partial charge on any atom is 0.255 e. The lowest BCUT2D eigenvalue weighted by Crippen LogP contribution is -2.48. The topological polar surface area (TPSA) is 92.3 Å². The van der Waals surface area contributed by atoms with Crippen molar-refractivity contribution in [3.63, 3.8) is 0 Å². The maximum atomic E-state index is 12.9. The molecule has 0 radical (unpaired) electrons. The Hall–Kier alpha value is -1.74. The Morgan fingerprint density at radius 2 is 2.13 bits per heavy atom. The van der Waals surface area contributed by atoms with E-state index in [-0.39, 0.29) is 11.8 Å². The summed E-state index contributed by atoms with van der Waals surface area (Å²) in [7, 11) is 3.44. The molecule has 3 rings (SSSR count). The molecule has 0 spiro atoms. The Morgan fingerprint density at radius 3 is 2.83 bits per heavy atom. The Balaban J connectivity index is 1.62. The first-order valence-corrected chi connectivity index (χ1v) is 10.9. The van der Waals surface area contributed by atoms with Crippen LogP contribution in [0.5, 0.6) is 17.2 Å².